The van der Waals surface area contributed by atoms with E-state index in [2.05, 4.69) is 20.8 Å². The van der Waals surface area contributed by atoms with E-state index >= 15 is 0 Å². The van der Waals surface area contributed by atoms with E-state index in [9.17, 15) is 14.7 Å². The topological polar surface area (TPSA) is 88.5 Å². The number of likely N-dealkylation sites (tertiary alicyclic amines) is 1. The molecule has 0 aromatic heterocycles. The normalized spacial score (nSPS) is 22.3. The monoisotopic (exact) mass is 528 g/mol. The van der Waals surface area contributed by atoms with E-state index in [4.69, 9.17) is 14.2 Å². The number of carbonyl (C=O) groups is 2. The van der Waals surface area contributed by atoms with Gasteiger partial charge in [0.2, 0.25) is 0 Å². The first-order valence-corrected chi connectivity index (χ1v) is 12.1. The van der Waals surface area contributed by atoms with Crippen LogP contribution in [0.5, 0.6) is 11.5 Å². The molecule has 2 aromatic rings. The van der Waals surface area contributed by atoms with Gasteiger partial charge in [0, 0.05) is 36.2 Å². The highest BCUT2D eigenvalue weighted by Crippen LogP contribution is 2.41. The maximum atomic E-state index is 13.2. The molecule has 3 aliphatic rings. The smallest absolute Gasteiger partial charge is 0.295 e. The zero-order valence-electron chi connectivity index (χ0n) is 18.5. The van der Waals surface area contributed by atoms with Crippen molar-refractivity contribution >= 4 is 33.4 Å². The van der Waals surface area contributed by atoms with Crippen LogP contribution in [-0.4, -0.2) is 79.2 Å². The zero-order chi connectivity index (χ0) is 23.7. The van der Waals surface area contributed by atoms with Gasteiger partial charge < -0.3 is 24.2 Å². The van der Waals surface area contributed by atoms with Gasteiger partial charge in [0.15, 0.2) is 11.5 Å². The minimum atomic E-state index is -0.702. The molecule has 34 heavy (non-hydrogen) atoms. The van der Waals surface area contributed by atoms with Gasteiger partial charge in [0.25, 0.3) is 11.7 Å². The predicted octanol–water partition coefficient (Wildman–Crippen LogP) is 2.97. The van der Waals surface area contributed by atoms with E-state index in [1.54, 1.807) is 23.1 Å². The number of aliphatic hydroxyl groups is 1. The number of fused-ring (bicyclic) bond motifs is 1. The number of nitrogens with zero attached hydrogens (tertiary/aromatic N) is 2. The van der Waals surface area contributed by atoms with Crippen LogP contribution in [-0.2, 0) is 14.3 Å². The highest BCUT2D eigenvalue weighted by molar-refractivity contribution is 9.10. The standard InChI is InChI=1S/C25H25BrN2O6/c26-18-3-1-2-16(14-18)22-21(23(29)17-4-5-19-20(15-17)34-13-12-33-19)24(30)25(31)28(22)7-6-27-8-10-32-11-9-27/h1-5,14-15,22,29H,6-13H2. The van der Waals surface area contributed by atoms with Gasteiger partial charge in [-0.1, -0.05) is 28.1 Å². The number of halogens is 1. The number of Topliss-reactive ketones (excluding diaryl/α,β-unsaturated/α-hetero) is 1. The predicted molar refractivity (Wildman–Crippen MR) is 128 cm³/mol. The number of hydrogen-bond donors (Lipinski definition) is 1. The molecular formula is C25H25BrN2O6. The molecule has 0 spiro atoms. The first-order valence-electron chi connectivity index (χ1n) is 11.3. The summed E-state index contributed by atoms with van der Waals surface area (Å²) in [6.07, 6.45) is 0. The third-order valence-electron chi connectivity index (χ3n) is 6.28. The van der Waals surface area contributed by atoms with E-state index in [1.807, 2.05) is 24.3 Å². The van der Waals surface area contributed by atoms with Crippen molar-refractivity contribution in [1.29, 1.82) is 0 Å². The molecule has 1 N–H and O–H groups in total. The average Bonchev–Trinajstić information content (AvgIpc) is 3.12. The lowest BCUT2D eigenvalue weighted by Gasteiger charge is -2.31. The summed E-state index contributed by atoms with van der Waals surface area (Å²) >= 11 is 3.48. The Labute approximate surface area is 205 Å². The number of rotatable bonds is 5. The first kappa shape index (κ1) is 22.9. The molecule has 8 nitrogen and oxygen atoms in total. The third kappa shape index (κ3) is 4.43. The maximum absolute atomic E-state index is 13.2. The molecule has 178 valence electrons. The van der Waals surface area contributed by atoms with Crippen molar-refractivity contribution in [2.75, 3.05) is 52.6 Å². The summed E-state index contributed by atoms with van der Waals surface area (Å²) < 4.78 is 17.4. The summed E-state index contributed by atoms with van der Waals surface area (Å²) in [7, 11) is 0. The van der Waals surface area contributed by atoms with Crippen molar-refractivity contribution in [2.45, 2.75) is 6.04 Å². The van der Waals surface area contributed by atoms with Gasteiger partial charge in [-0.25, -0.2) is 0 Å². The largest absolute Gasteiger partial charge is 0.507 e. The first-order chi connectivity index (χ1) is 16.5. The number of amides is 1. The van der Waals surface area contributed by atoms with Gasteiger partial charge in [-0.3, -0.25) is 14.5 Å². The molecule has 3 heterocycles. The summed E-state index contributed by atoms with van der Waals surface area (Å²) in [5.74, 6) is -0.459. The number of benzene rings is 2. The molecule has 1 atom stereocenters. The Hall–Kier alpha value is -2.88. The average molecular weight is 529 g/mol. The molecule has 0 radical (unpaired) electrons. The van der Waals surface area contributed by atoms with E-state index in [0.29, 0.717) is 56.6 Å². The Morgan fingerprint density at radius 2 is 1.74 bits per heavy atom. The second kappa shape index (κ2) is 9.77. The molecule has 2 aromatic carbocycles. The summed E-state index contributed by atoms with van der Waals surface area (Å²) in [5, 5.41) is 11.3. The van der Waals surface area contributed by atoms with Crippen molar-refractivity contribution in [3.63, 3.8) is 0 Å². The molecule has 0 aliphatic carbocycles. The summed E-state index contributed by atoms with van der Waals surface area (Å²) in [5.41, 5.74) is 1.21. The lowest BCUT2D eigenvalue weighted by Crippen LogP contribution is -2.42. The Bertz CT molecular complexity index is 1140. The van der Waals surface area contributed by atoms with Crippen molar-refractivity contribution in [3.8, 4) is 11.5 Å². The number of carbonyl (C=O) groups excluding carboxylic acids is 2. The molecule has 0 saturated carbocycles. The van der Waals surface area contributed by atoms with E-state index in [0.717, 1.165) is 23.1 Å². The summed E-state index contributed by atoms with van der Waals surface area (Å²) in [4.78, 5) is 30.2. The van der Waals surface area contributed by atoms with Gasteiger partial charge in [-0.15, -0.1) is 0 Å². The number of ketones is 1. The Kier molecular flexibility index (Phi) is 6.58. The van der Waals surface area contributed by atoms with Gasteiger partial charge in [-0.2, -0.15) is 0 Å². The van der Waals surface area contributed by atoms with Crippen LogP contribution in [0.3, 0.4) is 0 Å². The van der Waals surface area contributed by atoms with E-state index in [1.165, 1.54) is 0 Å². The number of hydrogen-bond acceptors (Lipinski definition) is 7. The number of morpholine rings is 1. The molecule has 1 amide bonds. The van der Waals surface area contributed by atoms with E-state index in [-0.39, 0.29) is 11.3 Å². The van der Waals surface area contributed by atoms with Gasteiger partial charge in [0.05, 0.1) is 24.8 Å². The molecule has 2 saturated heterocycles. The molecule has 3 aliphatic heterocycles. The van der Waals surface area contributed by atoms with Gasteiger partial charge in [-0.05, 0) is 35.9 Å². The second-order valence-corrected chi connectivity index (χ2v) is 9.28. The van der Waals surface area contributed by atoms with Crippen LogP contribution in [0.2, 0.25) is 0 Å². The molecule has 5 rings (SSSR count). The fraction of sp³-hybridized carbons (Fsp3) is 0.360. The highest BCUT2D eigenvalue weighted by Gasteiger charge is 2.46. The molecule has 2 fully saturated rings. The van der Waals surface area contributed by atoms with Crippen molar-refractivity contribution in [1.82, 2.24) is 9.80 Å². The van der Waals surface area contributed by atoms with Crippen LogP contribution in [0.15, 0.2) is 52.5 Å². The summed E-state index contributed by atoms with van der Waals surface area (Å²) in [6, 6.07) is 11.8. The molecule has 1 unspecified atom stereocenters. The zero-order valence-corrected chi connectivity index (χ0v) is 20.1. The van der Waals surface area contributed by atoms with Crippen LogP contribution >= 0.6 is 15.9 Å². The Morgan fingerprint density at radius 3 is 2.50 bits per heavy atom. The molecular weight excluding hydrogens is 504 g/mol. The van der Waals surface area contributed by atoms with Crippen LogP contribution in [0.1, 0.15) is 17.2 Å². The maximum Gasteiger partial charge on any atom is 0.295 e. The fourth-order valence-electron chi connectivity index (χ4n) is 4.55. The third-order valence-corrected chi connectivity index (χ3v) is 6.77. The quantitative estimate of drug-likeness (QED) is 0.362. The van der Waals surface area contributed by atoms with Gasteiger partial charge >= 0.3 is 0 Å². The second-order valence-electron chi connectivity index (χ2n) is 8.36. The summed E-state index contributed by atoms with van der Waals surface area (Å²) in [6.45, 7) is 4.70. The molecule has 0 bridgehead atoms. The number of ether oxygens (including phenoxy) is 3. The number of aliphatic hydroxyl groups excluding tert-OH is 1. The van der Waals surface area contributed by atoms with Gasteiger partial charge in [0.1, 0.15) is 19.0 Å². The van der Waals surface area contributed by atoms with Crippen molar-refractivity contribution < 1.29 is 28.9 Å². The van der Waals surface area contributed by atoms with E-state index < -0.39 is 17.7 Å². The van der Waals surface area contributed by atoms with Crippen LogP contribution in [0.25, 0.3) is 5.76 Å². The molecule has 9 heteroatoms. The minimum Gasteiger partial charge on any atom is -0.507 e. The van der Waals surface area contributed by atoms with Crippen LogP contribution < -0.4 is 9.47 Å². The van der Waals surface area contributed by atoms with Crippen LogP contribution in [0, 0.1) is 0 Å². The SMILES string of the molecule is O=C1C(=O)N(CCN2CCOCC2)C(c2cccc(Br)c2)C1=C(O)c1ccc2c(c1)OCCO2. The highest BCUT2D eigenvalue weighted by atomic mass is 79.9. The lowest BCUT2D eigenvalue weighted by atomic mass is 9.95. The van der Waals surface area contributed by atoms with Crippen LogP contribution in [0.4, 0.5) is 0 Å². The lowest BCUT2D eigenvalue weighted by molar-refractivity contribution is -0.140. The van der Waals surface area contributed by atoms with Crippen molar-refractivity contribution in [2.24, 2.45) is 0 Å². The minimum absolute atomic E-state index is 0.0711. The van der Waals surface area contributed by atoms with Crippen molar-refractivity contribution in [3.05, 3.63) is 63.6 Å². The Morgan fingerprint density at radius 1 is 0.971 bits per heavy atom. The Balaban J connectivity index is 1.54. The fourth-order valence-corrected chi connectivity index (χ4v) is 4.97.